The van der Waals surface area contributed by atoms with Crippen LogP contribution in [0.1, 0.15) is 23.6 Å². The Morgan fingerprint density at radius 1 is 1.05 bits per heavy atom. The van der Waals surface area contributed by atoms with Crippen molar-refractivity contribution in [2.45, 2.75) is 13.5 Å². The molecule has 0 aliphatic carbocycles. The van der Waals surface area contributed by atoms with Crippen LogP contribution in [0.3, 0.4) is 0 Å². The number of hydrogen-bond donors (Lipinski definition) is 1. The van der Waals surface area contributed by atoms with Crippen LogP contribution in [-0.4, -0.2) is 33.3 Å². The number of amidine groups is 2. The Kier molecular flexibility index (Phi) is 7.05. The lowest BCUT2D eigenvalue weighted by molar-refractivity contribution is -0.385. The molecule has 38 heavy (non-hydrogen) atoms. The number of ether oxygens (including phenoxy) is 2. The van der Waals surface area contributed by atoms with Gasteiger partial charge in [-0.25, -0.2) is 0 Å². The third kappa shape index (κ3) is 4.94. The molecule has 0 unspecified atom stereocenters. The van der Waals surface area contributed by atoms with E-state index in [-0.39, 0.29) is 23.7 Å². The monoisotopic (exact) mass is 526 g/mol. The van der Waals surface area contributed by atoms with Gasteiger partial charge in [-0.15, -0.1) is 0 Å². The van der Waals surface area contributed by atoms with Crippen molar-refractivity contribution in [2.75, 3.05) is 6.61 Å². The van der Waals surface area contributed by atoms with Crippen molar-refractivity contribution in [3.63, 3.8) is 0 Å². The van der Waals surface area contributed by atoms with Gasteiger partial charge in [0, 0.05) is 11.5 Å². The highest BCUT2D eigenvalue weighted by Crippen LogP contribution is 2.38. The minimum Gasteiger partial charge on any atom is -0.490 e. The van der Waals surface area contributed by atoms with E-state index in [0.29, 0.717) is 34.4 Å². The lowest BCUT2D eigenvalue weighted by atomic mass is 10.1. The van der Waals surface area contributed by atoms with Gasteiger partial charge in [-0.2, -0.15) is 4.99 Å². The molecule has 0 bridgehead atoms. The molecule has 0 spiro atoms. The minimum absolute atomic E-state index is 0.0144. The highest BCUT2D eigenvalue weighted by atomic mass is 32.2. The molecule has 5 rings (SSSR count). The topological polar surface area (TPSA) is 118 Å². The highest BCUT2D eigenvalue weighted by molar-refractivity contribution is 8.17. The van der Waals surface area contributed by atoms with Crippen LogP contribution in [0.2, 0.25) is 0 Å². The average molecular weight is 527 g/mol. The van der Waals surface area contributed by atoms with Crippen LogP contribution < -0.4 is 9.47 Å². The van der Waals surface area contributed by atoms with E-state index in [1.54, 1.807) is 47.4 Å². The van der Waals surface area contributed by atoms with E-state index in [1.807, 2.05) is 42.7 Å². The van der Waals surface area contributed by atoms with E-state index < -0.39 is 10.8 Å². The van der Waals surface area contributed by atoms with Crippen molar-refractivity contribution in [1.82, 2.24) is 4.90 Å². The number of thioether (sulfide) groups is 1. The number of nitrogens with one attached hydrogen (secondary N) is 1. The van der Waals surface area contributed by atoms with Crippen LogP contribution in [0.15, 0.2) is 88.8 Å². The molecule has 10 heteroatoms. The summed E-state index contributed by atoms with van der Waals surface area (Å²) in [5, 5.41) is 22.5. The number of rotatable bonds is 8. The molecule has 1 N–H and O–H groups in total. The second-order valence-electron chi connectivity index (χ2n) is 8.24. The second kappa shape index (κ2) is 10.7. The number of carbonyl (C=O) groups excluding carboxylic acids is 1. The fourth-order valence-corrected chi connectivity index (χ4v) is 4.94. The number of carbonyl (C=O) groups is 1. The molecule has 190 valence electrons. The fourth-order valence-electron chi connectivity index (χ4n) is 4.05. The van der Waals surface area contributed by atoms with Crippen molar-refractivity contribution in [1.29, 1.82) is 5.41 Å². The first-order valence-electron chi connectivity index (χ1n) is 11.7. The van der Waals surface area contributed by atoms with Crippen LogP contribution >= 0.6 is 11.8 Å². The maximum Gasteiger partial charge on any atom is 0.283 e. The lowest BCUT2D eigenvalue weighted by Crippen LogP contribution is -2.38. The summed E-state index contributed by atoms with van der Waals surface area (Å²) in [6.07, 6.45) is 1.60. The van der Waals surface area contributed by atoms with E-state index in [9.17, 15) is 14.9 Å². The van der Waals surface area contributed by atoms with Gasteiger partial charge in [0.25, 0.3) is 11.6 Å². The molecule has 1 amide bonds. The molecule has 0 fully saturated rings. The number of nitrogens with zero attached hydrogens (tertiary/aromatic N) is 3. The first-order chi connectivity index (χ1) is 18.5. The standard InChI is InChI=1S/C28H22N4O5S/c1-2-36-25-15-18(12-13-24(25)37-16-20-10-6-7-11-22(20)32(34)35)14-21-26(29)31-23(19-8-4-3-5-9-19)17-38-28(31)30-27(21)33/h3-15,17,29H,2,16H2,1H3. The van der Waals surface area contributed by atoms with Gasteiger partial charge >= 0.3 is 0 Å². The van der Waals surface area contributed by atoms with Gasteiger partial charge < -0.3 is 9.47 Å². The maximum absolute atomic E-state index is 12.8. The minimum atomic E-state index is -0.494. The number of nitro groups is 1. The van der Waals surface area contributed by atoms with Crippen molar-refractivity contribution < 1.29 is 19.2 Å². The Morgan fingerprint density at radius 2 is 1.82 bits per heavy atom. The van der Waals surface area contributed by atoms with Crippen molar-refractivity contribution in [2.24, 2.45) is 4.99 Å². The Balaban J connectivity index is 1.42. The van der Waals surface area contributed by atoms with Gasteiger partial charge in [0.2, 0.25) is 0 Å². The Labute approximate surface area is 222 Å². The first kappa shape index (κ1) is 25.0. The second-order valence-corrected chi connectivity index (χ2v) is 9.08. The van der Waals surface area contributed by atoms with Gasteiger partial charge in [0.1, 0.15) is 12.4 Å². The molecule has 0 radical (unpaired) electrons. The van der Waals surface area contributed by atoms with Crippen LogP contribution in [0.25, 0.3) is 11.8 Å². The molecule has 2 aliphatic heterocycles. The van der Waals surface area contributed by atoms with E-state index in [4.69, 9.17) is 14.9 Å². The highest BCUT2D eigenvalue weighted by Gasteiger charge is 2.36. The van der Waals surface area contributed by atoms with Crippen LogP contribution in [-0.2, 0) is 11.4 Å². The Bertz CT molecular complexity index is 1530. The third-order valence-corrected chi connectivity index (χ3v) is 6.66. The number of benzene rings is 3. The smallest absolute Gasteiger partial charge is 0.283 e. The summed E-state index contributed by atoms with van der Waals surface area (Å²) in [4.78, 5) is 29.6. The largest absolute Gasteiger partial charge is 0.490 e. The van der Waals surface area contributed by atoms with Gasteiger partial charge in [-0.05, 0) is 42.3 Å². The molecule has 0 atom stereocenters. The molecule has 9 nitrogen and oxygen atoms in total. The third-order valence-electron chi connectivity index (χ3n) is 5.83. The summed E-state index contributed by atoms with van der Waals surface area (Å²) in [6.45, 7) is 2.18. The number of amides is 1. The Morgan fingerprint density at radius 3 is 2.58 bits per heavy atom. The van der Waals surface area contributed by atoms with Gasteiger partial charge in [-0.1, -0.05) is 60.3 Å². The molecule has 2 aliphatic rings. The molecular formula is C28H22N4O5S. The zero-order valence-electron chi connectivity index (χ0n) is 20.3. The van der Waals surface area contributed by atoms with E-state index >= 15 is 0 Å². The SMILES string of the molecule is CCOc1cc(C=C2C(=N)N3C(c4ccccc4)=CSC3=NC2=O)ccc1OCc1ccccc1[N+](=O)[O-]. The van der Waals surface area contributed by atoms with Gasteiger partial charge in [0.05, 0.1) is 28.4 Å². The quantitative estimate of drug-likeness (QED) is 0.221. The zero-order chi connectivity index (χ0) is 26.6. The first-order valence-corrected chi connectivity index (χ1v) is 12.6. The summed E-state index contributed by atoms with van der Waals surface area (Å²) in [6, 6.07) is 21.1. The van der Waals surface area contributed by atoms with Crippen LogP contribution in [0.4, 0.5) is 5.69 Å². The van der Waals surface area contributed by atoms with Crippen LogP contribution in [0, 0.1) is 15.5 Å². The molecule has 3 aromatic rings. The van der Waals surface area contributed by atoms with Gasteiger partial charge in [0.15, 0.2) is 16.7 Å². The number of hydrogen-bond acceptors (Lipinski definition) is 7. The molecule has 0 aromatic heterocycles. The molecule has 2 heterocycles. The molecular weight excluding hydrogens is 504 g/mol. The summed E-state index contributed by atoms with van der Waals surface area (Å²) < 4.78 is 11.6. The number of fused-ring (bicyclic) bond motifs is 1. The zero-order valence-corrected chi connectivity index (χ0v) is 21.1. The van der Waals surface area contributed by atoms with Crippen LogP contribution in [0.5, 0.6) is 11.5 Å². The Hall–Kier alpha value is -4.70. The fraction of sp³-hybridized carbons (Fsp3) is 0.107. The average Bonchev–Trinajstić information content (AvgIpc) is 3.35. The predicted molar refractivity (Wildman–Crippen MR) is 147 cm³/mol. The molecule has 3 aromatic carbocycles. The lowest BCUT2D eigenvalue weighted by Gasteiger charge is -2.27. The summed E-state index contributed by atoms with van der Waals surface area (Å²) in [7, 11) is 0. The van der Waals surface area contributed by atoms with Gasteiger partial charge in [-0.3, -0.25) is 25.2 Å². The maximum atomic E-state index is 12.8. The normalized spacial score (nSPS) is 15.7. The van der Waals surface area contributed by atoms with E-state index in [0.717, 1.165) is 11.3 Å². The summed E-state index contributed by atoms with van der Waals surface area (Å²) in [5.74, 6) is 0.365. The van der Waals surface area contributed by atoms with E-state index in [1.165, 1.54) is 17.8 Å². The summed E-state index contributed by atoms with van der Waals surface area (Å²) >= 11 is 1.31. The number of nitro benzene ring substituents is 1. The van der Waals surface area contributed by atoms with Crippen molar-refractivity contribution in [3.8, 4) is 11.5 Å². The summed E-state index contributed by atoms with van der Waals surface area (Å²) in [5.41, 5.74) is 2.88. The number of para-hydroxylation sites is 1. The molecule has 0 saturated carbocycles. The number of aliphatic imine (C=N–C) groups is 1. The molecule has 0 saturated heterocycles. The van der Waals surface area contributed by atoms with Crippen molar-refractivity contribution >= 4 is 46.1 Å². The predicted octanol–water partition coefficient (Wildman–Crippen LogP) is 5.88. The van der Waals surface area contributed by atoms with E-state index in [2.05, 4.69) is 4.99 Å². The van der Waals surface area contributed by atoms with Crippen molar-refractivity contribution in [3.05, 3.63) is 111 Å².